The Morgan fingerprint density at radius 2 is 2.00 bits per heavy atom. The molecule has 0 radical (unpaired) electrons. The van der Waals surface area contributed by atoms with Crippen LogP contribution in [0.1, 0.15) is 22.8 Å². The van der Waals surface area contributed by atoms with Crippen LogP contribution in [-0.2, 0) is 4.79 Å². The maximum atomic E-state index is 12.6. The Morgan fingerprint density at radius 3 is 2.62 bits per heavy atom. The number of nitrogens with zero attached hydrogens (tertiary/aromatic N) is 1. The number of nitrogens with one attached hydrogen (secondary N) is 1. The van der Waals surface area contributed by atoms with Gasteiger partial charge in [-0.3, -0.25) is 9.59 Å². The fraction of sp³-hybridized carbons (Fsp3) is 0.467. The zero-order chi connectivity index (χ0) is 15.4. The first kappa shape index (κ1) is 15.9. The van der Waals surface area contributed by atoms with E-state index < -0.39 is 6.04 Å². The summed E-state index contributed by atoms with van der Waals surface area (Å²) in [5.74, 6) is 1.74. The monoisotopic (exact) mass is 307 g/mol. The van der Waals surface area contributed by atoms with Crippen LogP contribution in [0.4, 0.5) is 5.69 Å². The maximum absolute atomic E-state index is 12.6. The van der Waals surface area contributed by atoms with Gasteiger partial charge in [-0.15, -0.1) is 0 Å². The highest BCUT2D eigenvalue weighted by atomic mass is 32.2. The molecule has 0 bridgehead atoms. The lowest BCUT2D eigenvalue weighted by Gasteiger charge is -2.27. The first-order chi connectivity index (χ1) is 10.0. The lowest BCUT2D eigenvalue weighted by atomic mass is 10.0. The molecule has 1 aliphatic rings. The lowest BCUT2D eigenvalue weighted by molar-refractivity contribution is -0.117. The minimum Gasteiger partial charge on any atom is -0.337 e. The molecule has 0 saturated carbocycles. The topological polar surface area (TPSA) is 75.4 Å². The van der Waals surface area contributed by atoms with Gasteiger partial charge in [-0.05, 0) is 31.5 Å². The van der Waals surface area contributed by atoms with Crippen LogP contribution in [0.3, 0.4) is 0 Å². The smallest absolute Gasteiger partial charge is 0.254 e. The lowest BCUT2D eigenvalue weighted by Crippen LogP contribution is -2.38. The van der Waals surface area contributed by atoms with Crippen molar-refractivity contribution in [1.29, 1.82) is 0 Å². The summed E-state index contributed by atoms with van der Waals surface area (Å²) < 4.78 is 0. The molecule has 2 rings (SSSR count). The van der Waals surface area contributed by atoms with E-state index in [2.05, 4.69) is 5.32 Å². The van der Waals surface area contributed by atoms with Crippen LogP contribution in [0.5, 0.6) is 0 Å². The molecule has 1 heterocycles. The molecule has 3 N–H and O–H groups in total. The number of hydrogen-bond acceptors (Lipinski definition) is 4. The van der Waals surface area contributed by atoms with Crippen molar-refractivity contribution in [3.63, 3.8) is 0 Å². The highest BCUT2D eigenvalue weighted by Crippen LogP contribution is 2.22. The first-order valence-corrected chi connectivity index (χ1v) is 8.19. The van der Waals surface area contributed by atoms with Gasteiger partial charge >= 0.3 is 0 Å². The van der Waals surface area contributed by atoms with Crippen LogP contribution in [0.25, 0.3) is 0 Å². The van der Waals surface area contributed by atoms with Gasteiger partial charge in [0.2, 0.25) is 5.91 Å². The SMILES string of the molecule is Cc1c(NC(=O)[C@H](C)N)cccc1C(=O)N1CCSCC1. The fourth-order valence-corrected chi connectivity index (χ4v) is 3.09. The number of hydrogen-bond donors (Lipinski definition) is 2. The molecule has 1 aromatic carbocycles. The number of benzene rings is 1. The van der Waals surface area contributed by atoms with Gasteiger partial charge in [0.15, 0.2) is 0 Å². The summed E-state index contributed by atoms with van der Waals surface area (Å²) in [6.07, 6.45) is 0. The van der Waals surface area contributed by atoms with Gasteiger partial charge < -0.3 is 16.0 Å². The van der Waals surface area contributed by atoms with E-state index in [1.54, 1.807) is 25.1 Å². The molecular weight excluding hydrogens is 286 g/mol. The van der Waals surface area contributed by atoms with Crippen LogP contribution >= 0.6 is 11.8 Å². The number of carbonyl (C=O) groups is 2. The maximum Gasteiger partial charge on any atom is 0.254 e. The third-order valence-electron chi connectivity index (χ3n) is 3.53. The van der Waals surface area contributed by atoms with Crippen molar-refractivity contribution >= 4 is 29.3 Å². The number of nitrogens with two attached hydrogens (primary N) is 1. The van der Waals surface area contributed by atoms with Gasteiger partial charge in [-0.1, -0.05) is 6.07 Å². The quantitative estimate of drug-likeness (QED) is 0.887. The number of rotatable bonds is 3. The third kappa shape index (κ3) is 3.77. The highest BCUT2D eigenvalue weighted by molar-refractivity contribution is 7.99. The molecule has 21 heavy (non-hydrogen) atoms. The predicted molar refractivity (Wildman–Crippen MR) is 86.7 cm³/mol. The fourth-order valence-electron chi connectivity index (χ4n) is 2.19. The molecule has 0 spiro atoms. The van der Waals surface area contributed by atoms with Crippen molar-refractivity contribution in [3.8, 4) is 0 Å². The summed E-state index contributed by atoms with van der Waals surface area (Å²) in [5, 5.41) is 2.77. The van der Waals surface area contributed by atoms with Crippen molar-refractivity contribution in [2.24, 2.45) is 5.73 Å². The summed E-state index contributed by atoms with van der Waals surface area (Å²) >= 11 is 1.87. The summed E-state index contributed by atoms with van der Waals surface area (Å²) in [4.78, 5) is 26.2. The Bertz CT molecular complexity index is 540. The van der Waals surface area contributed by atoms with Gasteiger partial charge in [0.05, 0.1) is 6.04 Å². The summed E-state index contributed by atoms with van der Waals surface area (Å²) in [7, 11) is 0. The largest absolute Gasteiger partial charge is 0.337 e. The number of amides is 2. The average Bonchev–Trinajstić information content (AvgIpc) is 2.49. The Balaban J connectivity index is 2.20. The van der Waals surface area contributed by atoms with Gasteiger partial charge in [0.1, 0.15) is 0 Å². The zero-order valence-corrected chi connectivity index (χ0v) is 13.2. The molecule has 114 valence electrons. The predicted octanol–water partition coefficient (Wildman–Crippen LogP) is 1.47. The highest BCUT2D eigenvalue weighted by Gasteiger charge is 2.21. The van der Waals surface area contributed by atoms with Crippen molar-refractivity contribution in [2.75, 3.05) is 29.9 Å². The Kier molecular flexibility index (Phi) is 5.25. The standard InChI is InChI=1S/C15H21N3O2S/c1-10-12(15(20)18-6-8-21-9-7-18)4-3-5-13(10)17-14(19)11(2)16/h3-5,11H,6-9,16H2,1-2H3,(H,17,19)/t11-/m0/s1. The van der Waals surface area contributed by atoms with E-state index >= 15 is 0 Å². The van der Waals surface area contributed by atoms with Crippen molar-refractivity contribution in [1.82, 2.24) is 4.90 Å². The van der Waals surface area contributed by atoms with E-state index in [1.165, 1.54) is 0 Å². The number of thioether (sulfide) groups is 1. The van der Waals surface area contributed by atoms with Crippen molar-refractivity contribution in [2.45, 2.75) is 19.9 Å². The second-order valence-corrected chi connectivity index (χ2v) is 6.39. The van der Waals surface area contributed by atoms with E-state index in [0.29, 0.717) is 11.3 Å². The third-order valence-corrected chi connectivity index (χ3v) is 4.48. The molecule has 1 aromatic rings. The number of anilines is 1. The summed E-state index contributed by atoms with van der Waals surface area (Å²) in [5.41, 5.74) is 7.64. The van der Waals surface area contributed by atoms with Crippen LogP contribution < -0.4 is 11.1 Å². The minimum absolute atomic E-state index is 0.0321. The molecule has 0 aromatic heterocycles. The van der Waals surface area contributed by atoms with E-state index in [0.717, 1.165) is 30.2 Å². The van der Waals surface area contributed by atoms with Crippen LogP contribution in [0.2, 0.25) is 0 Å². The Hall–Kier alpha value is -1.53. The molecule has 1 saturated heterocycles. The zero-order valence-electron chi connectivity index (χ0n) is 12.4. The number of carbonyl (C=O) groups excluding carboxylic acids is 2. The summed E-state index contributed by atoms with van der Waals surface area (Å²) in [6.45, 7) is 5.03. The summed E-state index contributed by atoms with van der Waals surface area (Å²) in [6, 6.07) is 4.80. The van der Waals surface area contributed by atoms with Gasteiger partial charge in [-0.25, -0.2) is 0 Å². The van der Waals surface area contributed by atoms with Crippen LogP contribution in [0, 0.1) is 6.92 Å². The normalized spacial score (nSPS) is 16.4. The van der Waals surface area contributed by atoms with Gasteiger partial charge in [0.25, 0.3) is 5.91 Å². The van der Waals surface area contributed by atoms with Crippen molar-refractivity contribution < 1.29 is 9.59 Å². The van der Waals surface area contributed by atoms with Gasteiger partial charge in [-0.2, -0.15) is 11.8 Å². The van der Waals surface area contributed by atoms with Crippen LogP contribution in [0.15, 0.2) is 18.2 Å². The second kappa shape index (κ2) is 6.95. The van der Waals surface area contributed by atoms with Gasteiger partial charge in [0, 0.05) is 35.8 Å². The van der Waals surface area contributed by atoms with E-state index in [-0.39, 0.29) is 11.8 Å². The molecule has 2 amide bonds. The molecular formula is C15H21N3O2S. The molecule has 0 aliphatic carbocycles. The molecule has 5 nitrogen and oxygen atoms in total. The Morgan fingerprint density at radius 1 is 1.33 bits per heavy atom. The van der Waals surface area contributed by atoms with E-state index in [1.807, 2.05) is 23.6 Å². The Labute approximate surface area is 129 Å². The molecule has 1 atom stereocenters. The molecule has 0 unspecified atom stereocenters. The molecule has 1 fully saturated rings. The van der Waals surface area contributed by atoms with E-state index in [9.17, 15) is 9.59 Å². The van der Waals surface area contributed by atoms with Crippen molar-refractivity contribution in [3.05, 3.63) is 29.3 Å². The van der Waals surface area contributed by atoms with E-state index in [4.69, 9.17) is 5.73 Å². The average molecular weight is 307 g/mol. The second-order valence-electron chi connectivity index (χ2n) is 5.16. The minimum atomic E-state index is -0.581. The van der Waals surface area contributed by atoms with Crippen LogP contribution in [-0.4, -0.2) is 47.4 Å². The molecule has 6 heteroatoms. The first-order valence-electron chi connectivity index (χ1n) is 7.04. The molecule has 1 aliphatic heterocycles.